The standard InChI is InChI=1S/C14H20N2O2/c1-4-11(14(17)18)9-10-15-12-7-5-6-8-13(12)16(2)3/h5-9,15H,4,10H2,1-3H3,(H,17,18)/b11-9-. The number of para-hydroxylation sites is 2. The van der Waals surface area contributed by atoms with Crippen molar-refractivity contribution in [3.63, 3.8) is 0 Å². The van der Waals surface area contributed by atoms with E-state index >= 15 is 0 Å². The van der Waals surface area contributed by atoms with Crippen molar-refractivity contribution in [1.29, 1.82) is 0 Å². The van der Waals surface area contributed by atoms with Crippen molar-refractivity contribution in [3.8, 4) is 0 Å². The quantitative estimate of drug-likeness (QED) is 0.760. The lowest BCUT2D eigenvalue weighted by Gasteiger charge is -2.17. The molecule has 98 valence electrons. The minimum absolute atomic E-state index is 0.435. The predicted octanol–water partition coefficient (Wildman–Crippen LogP) is 2.59. The maximum Gasteiger partial charge on any atom is 0.331 e. The van der Waals surface area contributed by atoms with E-state index in [-0.39, 0.29) is 0 Å². The van der Waals surface area contributed by atoms with Crippen LogP contribution in [0.1, 0.15) is 13.3 Å². The molecule has 2 N–H and O–H groups in total. The van der Waals surface area contributed by atoms with Crippen molar-refractivity contribution < 1.29 is 9.90 Å². The minimum Gasteiger partial charge on any atom is -0.478 e. The van der Waals surface area contributed by atoms with Crippen LogP contribution in [0.4, 0.5) is 11.4 Å². The van der Waals surface area contributed by atoms with E-state index in [2.05, 4.69) is 5.32 Å². The zero-order chi connectivity index (χ0) is 13.5. The topological polar surface area (TPSA) is 52.6 Å². The number of benzene rings is 1. The minimum atomic E-state index is -0.847. The molecule has 0 spiro atoms. The van der Waals surface area contributed by atoms with Crippen LogP contribution in [-0.2, 0) is 4.79 Å². The van der Waals surface area contributed by atoms with Gasteiger partial charge in [0.15, 0.2) is 0 Å². The van der Waals surface area contributed by atoms with Gasteiger partial charge in [0.05, 0.1) is 11.4 Å². The van der Waals surface area contributed by atoms with Crippen LogP contribution in [0.15, 0.2) is 35.9 Å². The molecular weight excluding hydrogens is 228 g/mol. The first kappa shape index (κ1) is 14.1. The summed E-state index contributed by atoms with van der Waals surface area (Å²) in [5.74, 6) is -0.847. The molecule has 0 saturated carbocycles. The van der Waals surface area contributed by atoms with Gasteiger partial charge < -0.3 is 15.3 Å². The molecule has 4 nitrogen and oxygen atoms in total. The van der Waals surface area contributed by atoms with Crippen molar-refractivity contribution in [1.82, 2.24) is 0 Å². The summed E-state index contributed by atoms with van der Waals surface area (Å²) in [6.45, 7) is 2.36. The number of nitrogens with zero attached hydrogens (tertiary/aromatic N) is 1. The highest BCUT2D eigenvalue weighted by atomic mass is 16.4. The number of rotatable bonds is 6. The number of aliphatic carboxylic acids is 1. The van der Waals surface area contributed by atoms with Gasteiger partial charge in [-0.3, -0.25) is 0 Å². The number of carboxylic acids is 1. The van der Waals surface area contributed by atoms with Gasteiger partial charge in [-0.2, -0.15) is 0 Å². The van der Waals surface area contributed by atoms with E-state index in [1.165, 1.54) is 0 Å². The number of anilines is 2. The highest BCUT2D eigenvalue weighted by Gasteiger charge is 2.04. The number of carboxylic acid groups (broad SMARTS) is 1. The van der Waals surface area contributed by atoms with Crippen molar-refractivity contribution in [2.75, 3.05) is 30.9 Å². The van der Waals surface area contributed by atoms with Crippen LogP contribution < -0.4 is 10.2 Å². The van der Waals surface area contributed by atoms with Gasteiger partial charge >= 0.3 is 5.97 Å². The molecule has 1 aromatic carbocycles. The monoisotopic (exact) mass is 248 g/mol. The second kappa shape index (κ2) is 6.69. The molecule has 0 saturated heterocycles. The Morgan fingerprint density at radius 2 is 2.06 bits per heavy atom. The molecule has 0 aromatic heterocycles. The van der Waals surface area contributed by atoms with Gasteiger partial charge in [0.1, 0.15) is 0 Å². The average molecular weight is 248 g/mol. The Morgan fingerprint density at radius 1 is 1.39 bits per heavy atom. The zero-order valence-electron chi connectivity index (χ0n) is 11.1. The fourth-order valence-corrected chi connectivity index (χ4v) is 1.68. The number of hydrogen-bond donors (Lipinski definition) is 2. The molecule has 0 unspecified atom stereocenters. The smallest absolute Gasteiger partial charge is 0.331 e. The normalized spacial score (nSPS) is 11.2. The van der Waals surface area contributed by atoms with Crippen LogP contribution in [0.5, 0.6) is 0 Å². The van der Waals surface area contributed by atoms with Gasteiger partial charge in [0.2, 0.25) is 0 Å². The molecular formula is C14H20N2O2. The Bertz CT molecular complexity index is 439. The lowest BCUT2D eigenvalue weighted by molar-refractivity contribution is -0.132. The maximum atomic E-state index is 10.8. The van der Waals surface area contributed by atoms with Crippen LogP contribution in [0.25, 0.3) is 0 Å². The van der Waals surface area contributed by atoms with Gasteiger partial charge in [0, 0.05) is 26.2 Å². The molecule has 0 aliphatic carbocycles. The van der Waals surface area contributed by atoms with E-state index in [1.807, 2.05) is 50.2 Å². The molecule has 0 radical (unpaired) electrons. The molecule has 0 heterocycles. The molecule has 1 aromatic rings. The third kappa shape index (κ3) is 3.80. The lowest BCUT2D eigenvalue weighted by atomic mass is 10.2. The zero-order valence-corrected chi connectivity index (χ0v) is 11.1. The first-order valence-electron chi connectivity index (χ1n) is 5.98. The number of hydrogen-bond acceptors (Lipinski definition) is 3. The molecule has 18 heavy (non-hydrogen) atoms. The van der Waals surface area contributed by atoms with Crippen molar-refractivity contribution in [2.24, 2.45) is 0 Å². The van der Waals surface area contributed by atoms with Crippen LogP contribution in [0, 0.1) is 0 Å². The van der Waals surface area contributed by atoms with E-state index in [4.69, 9.17) is 5.11 Å². The first-order valence-corrected chi connectivity index (χ1v) is 5.98. The number of nitrogens with one attached hydrogen (secondary N) is 1. The Hall–Kier alpha value is -1.97. The molecule has 0 amide bonds. The Kier molecular flexibility index (Phi) is 5.24. The fraction of sp³-hybridized carbons (Fsp3) is 0.357. The molecule has 4 heteroatoms. The Morgan fingerprint density at radius 3 is 2.61 bits per heavy atom. The summed E-state index contributed by atoms with van der Waals surface area (Å²) >= 11 is 0. The van der Waals surface area contributed by atoms with Gasteiger partial charge in [0.25, 0.3) is 0 Å². The summed E-state index contributed by atoms with van der Waals surface area (Å²) in [7, 11) is 3.95. The summed E-state index contributed by atoms with van der Waals surface area (Å²) in [6, 6.07) is 7.93. The van der Waals surface area contributed by atoms with Gasteiger partial charge in [-0.15, -0.1) is 0 Å². The second-order valence-corrected chi connectivity index (χ2v) is 4.18. The van der Waals surface area contributed by atoms with Gasteiger partial charge in [-0.05, 0) is 18.6 Å². The molecule has 0 atom stereocenters. The predicted molar refractivity (Wildman–Crippen MR) is 75.3 cm³/mol. The first-order chi connectivity index (χ1) is 8.56. The highest BCUT2D eigenvalue weighted by molar-refractivity contribution is 5.86. The maximum absolute atomic E-state index is 10.8. The van der Waals surface area contributed by atoms with Gasteiger partial charge in [-0.1, -0.05) is 25.1 Å². The summed E-state index contributed by atoms with van der Waals surface area (Å²) < 4.78 is 0. The SMILES string of the molecule is CC/C(=C/CNc1ccccc1N(C)C)C(=O)O. The molecule has 0 aliphatic rings. The van der Waals surface area contributed by atoms with Crippen molar-refractivity contribution in [2.45, 2.75) is 13.3 Å². The summed E-state index contributed by atoms with van der Waals surface area (Å²) in [5.41, 5.74) is 2.52. The summed E-state index contributed by atoms with van der Waals surface area (Å²) in [5, 5.41) is 12.1. The van der Waals surface area contributed by atoms with Crippen LogP contribution >= 0.6 is 0 Å². The molecule has 0 aliphatic heterocycles. The third-order valence-electron chi connectivity index (χ3n) is 2.68. The lowest BCUT2D eigenvalue weighted by Crippen LogP contribution is -2.12. The third-order valence-corrected chi connectivity index (χ3v) is 2.68. The van der Waals surface area contributed by atoms with E-state index in [1.54, 1.807) is 6.08 Å². The van der Waals surface area contributed by atoms with Crippen LogP contribution in [0.3, 0.4) is 0 Å². The Balaban J connectivity index is 2.72. The van der Waals surface area contributed by atoms with E-state index < -0.39 is 5.97 Å². The second-order valence-electron chi connectivity index (χ2n) is 4.18. The molecule has 0 fully saturated rings. The van der Waals surface area contributed by atoms with E-state index in [9.17, 15) is 4.79 Å². The molecule has 1 rings (SSSR count). The highest BCUT2D eigenvalue weighted by Crippen LogP contribution is 2.23. The molecule has 0 bridgehead atoms. The van der Waals surface area contributed by atoms with Crippen LogP contribution in [-0.4, -0.2) is 31.7 Å². The average Bonchev–Trinajstić information content (AvgIpc) is 2.34. The number of carbonyl (C=O) groups is 1. The summed E-state index contributed by atoms with van der Waals surface area (Å²) in [6.07, 6.45) is 2.25. The van der Waals surface area contributed by atoms with E-state index in [0.29, 0.717) is 18.5 Å². The van der Waals surface area contributed by atoms with Crippen molar-refractivity contribution in [3.05, 3.63) is 35.9 Å². The van der Waals surface area contributed by atoms with Crippen molar-refractivity contribution >= 4 is 17.3 Å². The Labute approximate surface area is 108 Å². The summed E-state index contributed by atoms with van der Waals surface area (Å²) in [4.78, 5) is 12.9. The largest absolute Gasteiger partial charge is 0.478 e. The van der Waals surface area contributed by atoms with E-state index in [0.717, 1.165) is 11.4 Å². The van der Waals surface area contributed by atoms with Gasteiger partial charge in [-0.25, -0.2) is 4.79 Å². The van der Waals surface area contributed by atoms with Crippen LogP contribution in [0.2, 0.25) is 0 Å². The fourth-order valence-electron chi connectivity index (χ4n) is 1.68.